The van der Waals surface area contributed by atoms with Crippen LogP contribution < -0.4 is 0 Å². The first-order chi connectivity index (χ1) is 12.7. The zero-order valence-corrected chi connectivity index (χ0v) is 16.9. The summed E-state index contributed by atoms with van der Waals surface area (Å²) in [4.78, 5) is 5.66. The summed E-state index contributed by atoms with van der Waals surface area (Å²) in [6.07, 6.45) is 2.29. The second kappa shape index (κ2) is 7.56. The van der Waals surface area contributed by atoms with E-state index < -0.39 is 0 Å². The van der Waals surface area contributed by atoms with E-state index in [9.17, 15) is 0 Å². The molecule has 4 rings (SSSR count). The molecule has 3 heteroatoms. The Labute approximate surface area is 165 Å². The van der Waals surface area contributed by atoms with Crippen LogP contribution in [0.5, 0.6) is 0 Å². The maximum atomic E-state index is 6.07. The number of aryl methyl sites for hydroxylation is 1. The van der Waals surface area contributed by atoms with Gasteiger partial charge in [0.15, 0.2) is 0 Å². The average molecular weight is 382 g/mol. The zero-order valence-electron chi connectivity index (χ0n) is 15.3. The number of halogens is 1. The maximum Gasteiger partial charge on any atom is 0.0702 e. The van der Waals surface area contributed by atoms with E-state index in [1.54, 1.807) is 16.0 Å². The number of thiophene rings is 1. The van der Waals surface area contributed by atoms with Gasteiger partial charge >= 0.3 is 0 Å². The molecule has 0 amide bonds. The topological polar surface area (TPSA) is 3.24 Å². The summed E-state index contributed by atoms with van der Waals surface area (Å²) in [6.45, 7) is 6.62. The predicted octanol–water partition coefficient (Wildman–Crippen LogP) is 6.42. The smallest absolute Gasteiger partial charge is 0.0702 e. The van der Waals surface area contributed by atoms with E-state index in [0.29, 0.717) is 6.04 Å². The molecule has 1 aliphatic rings. The number of nitrogens with zero attached hydrogens (tertiary/aromatic N) is 1. The Kier molecular flexibility index (Phi) is 5.17. The fourth-order valence-corrected chi connectivity index (χ4v) is 5.74. The van der Waals surface area contributed by atoms with E-state index in [-0.39, 0.29) is 0 Å². The quantitative estimate of drug-likeness (QED) is 0.504. The van der Waals surface area contributed by atoms with Gasteiger partial charge in [-0.2, -0.15) is 0 Å². The van der Waals surface area contributed by atoms with Gasteiger partial charge in [-0.05, 0) is 54.2 Å². The van der Waals surface area contributed by atoms with Gasteiger partial charge in [0.25, 0.3) is 0 Å². The molecule has 2 heterocycles. The molecule has 3 aromatic rings. The molecule has 0 radical (unpaired) electrons. The second-order valence-corrected chi connectivity index (χ2v) is 8.69. The highest BCUT2D eigenvalue weighted by atomic mass is 35.5. The van der Waals surface area contributed by atoms with E-state index in [0.717, 1.165) is 31.0 Å². The third-order valence-electron chi connectivity index (χ3n) is 5.38. The first-order valence-electron chi connectivity index (χ1n) is 9.32. The van der Waals surface area contributed by atoms with Gasteiger partial charge in [-0.3, -0.25) is 4.90 Å². The SMILES string of the molecule is CCc1c(C)sc2c1CCN(Cc1ccc(Cl)cc1)[C@@H]2c1ccccc1. The lowest BCUT2D eigenvalue weighted by atomic mass is 9.91. The number of hydrogen-bond acceptors (Lipinski definition) is 2. The maximum absolute atomic E-state index is 6.07. The third-order valence-corrected chi connectivity index (χ3v) is 6.87. The van der Waals surface area contributed by atoms with Gasteiger partial charge in [-0.15, -0.1) is 11.3 Å². The van der Waals surface area contributed by atoms with Gasteiger partial charge in [-0.1, -0.05) is 61.0 Å². The summed E-state index contributed by atoms with van der Waals surface area (Å²) in [6, 6.07) is 19.6. The minimum Gasteiger partial charge on any atom is -0.287 e. The summed E-state index contributed by atoms with van der Waals surface area (Å²) in [7, 11) is 0. The normalized spacial score (nSPS) is 17.3. The van der Waals surface area contributed by atoms with Crippen molar-refractivity contribution in [2.24, 2.45) is 0 Å². The van der Waals surface area contributed by atoms with Crippen LogP contribution in [0.1, 0.15) is 45.0 Å². The molecule has 0 unspecified atom stereocenters. The van der Waals surface area contributed by atoms with Crippen molar-refractivity contribution in [2.45, 2.75) is 39.3 Å². The van der Waals surface area contributed by atoms with Crippen molar-refractivity contribution in [3.8, 4) is 0 Å². The molecule has 0 bridgehead atoms. The van der Waals surface area contributed by atoms with Gasteiger partial charge < -0.3 is 0 Å². The van der Waals surface area contributed by atoms with Crippen molar-refractivity contribution in [1.82, 2.24) is 4.90 Å². The lowest BCUT2D eigenvalue weighted by molar-refractivity contribution is 0.207. The molecule has 1 aliphatic heterocycles. The van der Waals surface area contributed by atoms with Crippen LogP contribution in [0.25, 0.3) is 0 Å². The van der Waals surface area contributed by atoms with Crippen LogP contribution in [0.4, 0.5) is 0 Å². The summed E-state index contributed by atoms with van der Waals surface area (Å²) in [5, 5.41) is 0.802. The fourth-order valence-electron chi connectivity index (χ4n) is 4.15. The number of hydrogen-bond donors (Lipinski definition) is 0. The molecule has 1 nitrogen and oxygen atoms in total. The first-order valence-corrected chi connectivity index (χ1v) is 10.5. The van der Waals surface area contributed by atoms with E-state index in [1.165, 1.54) is 16.0 Å². The highest BCUT2D eigenvalue weighted by Crippen LogP contribution is 2.43. The monoisotopic (exact) mass is 381 g/mol. The minimum absolute atomic E-state index is 0.347. The fraction of sp³-hybridized carbons (Fsp3) is 0.304. The second-order valence-electron chi connectivity index (χ2n) is 6.99. The van der Waals surface area contributed by atoms with E-state index in [1.807, 2.05) is 23.5 Å². The molecule has 1 atom stereocenters. The Hall–Kier alpha value is -1.61. The Balaban J connectivity index is 1.75. The Morgan fingerprint density at radius 3 is 2.50 bits per heavy atom. The third kappa shape index (κ3) is 3.34. The minimum atomic E-state index is 0.347. The van der Waals surface area contributed by atoms with Gasteiger partial charge in [0.05, 0.1) is 6.04 Å². The molecule has 0 N–H and O–H groups in total. The molecule has 0 spiro atoms. The molecule has 0 aliphatic carbocycles. The van der Waals surface area contributed by atoms with Crippen molar-refractivity contribution in [1.29, 1.82) is 0 Å². The summed E-state index contributed by atoms with van der Waals surface area (Å²) >= 11 is 8.07. The van der Waals surface area contributed by atoms with Crippen LogP contribution in [-0.4, -0.2) is 11.4 Å². The number of rotatable bonds is 4. The van der Waals surface area contributed by atoms with Gasteiger partial charge in [0, 0.05) is 27.9 Å². The van der Waals surface area contributed by atoms with E-state index in [4.69, 9.17) is 11.6 Å². The molecule has 26 heavy (non-hydrogen) atoms. The Morgan fingerprint density at radius 2 is 1.81 bits per heavy atom. The summed E-state index contributed by atoms with van der Waals surface area (Å²) < 4.78 is 0. The Morgan fingerprint density at radius 1 is 1.08 bits per heavy atom. The van der Waals surface area contributed by atoms with Crippen LogP contribution in [-0.2, 0) is 19.4 Å². The first kappa shape index (κ1) is 17.8. The van der Waals surface area contributed by atoms with Crippen LogP contribution in [0.2, 0.25) is 5.02 Å². The van der Waals surface area contributed by atoms with Crippen molar-refractivity contribution < 1.29 is 0 Å². The van der Waals surface area contributed by atoms with Crippen LogP contribution in [0.15, 0.2) is 54.6 Å². The molecule has 2 aromatic carbocycles. The number of benzene rings is 2. The molecule has 1 aromatic heterocycles. The van der Waals surface area contributed by atoms with Crippen molar-refractivity contribution in [3.05, 3.63) is 91.6 Å². The van der Waals surface area contributed by atoms with E-state index >= 15 is 0 Å². The van der Waals surface area contributed by atoms with Gasteiger partial charge in [-0.25, -0.2) is 0 Å². The summed E-state index contributed by atoms with van der Waals surface area (Å²) in [5.41, 5.74) is 5.90. The Bertz CT molecular complexity index is 883. The van der Waals surface area contributed by atoms with Crippen LogP contribution in [0, 0.1) is 6.92 Å². The molecule has 134 valence electrons. The zero-order chi connectivity index (χ0) is 18.1. The molecule has 0 saturated carbocycles. The average Bonchev–Trinajstić information content (AvgIpc) is 2.99. The molecular formula is C23H24ClNS. The molecular weight excluding hydrogens is 358 g/mol. The van der Waals surface area contributed by atoms with E-state index in [2.05, 4.69) is 61.2 Å². The van der Waals surface area contributed by atoms with Crippen molar-refractivity contribution >= 4 is 22.9 Å². The molecule has 0 fully saturated rings. The number of fused-ring (bicyclic) bond motifs is 1. The summed E-state index contributed by atoms with van der Waals surface area (Å²) in [5.74, 6) is 0. The van der Waals surface area contributed by atoms with Crippen LogP contribution >= 0.6 is 22.9 Å². The van der Waals surface area contributed by atoms with Crippen LogP contribution in [0.3, 0.4) is 0 Å². The lowest BCUT2D eigenvalue weighted by Gasteiger charge is -2.36. The molecule has 0 saturated heterocycles. The van der Waals surface area contributed by atoms with Crippen molar-refractivity contribution in [2.75, 3.05) is 6.54 Å². The highest BCUT2D eigenvalue weighted by Gasteiger charge is 2.32. The largest absolute Gasteiger partial charge is 0.287 e. The lowest BCUT2D eigenvalue weighted by Crippen LogP contribution is -2.35. The highest BCUT2D eigenvalue weighted by molar-refractivity contribution is 7.12. The predicted molar refractivity (Wildman–Crippen MR) is 112 cm³/mol. The standard InChI is InChI=1S/C23H24ClNS/c1-3-20-16(2)26-23-21(20)13-14-25(15-17-9-11-19(24)12-10-17)22(23)18-7-5-4-6-8-18/h4-12,22H,3,13-15H2,1-2H3/t22-/m1/s1. The van der Waals surface area contributed by atoms with Gasteiger partial charge in [0.2, 0.25) is 0 Å². The van der Waals surface area contributed by atoms with Gasteiger partial charge in [0.1, 0.15) is 0 Å². The van der Waals surface area contributed by atoms with Crippen molar-refractivity contribution in [3.63, 3.8) is 0 Å².